The van der Waals surface area contributed by atoms with Crippen molar-refractivity contribution in [3.05, 3.63) is 29.3 Å². The van der Waals surface area contributed by atoms with E-state index in [-0.39, 0.29) is 0 Å². The van der Waals surface area contributed by atoms with E-state index in [0.717, 1.165) is 18.7 Å². The Morgan fingerprint density at radius 2 is 2.13 bits per heavy atom. The third-order valence-corrected chi connectivity index (χ3v) is 3.18. The summed E-state index contributed by atoms with van der Waals surface area (Å²) in [7, 11) is 1.75. The van der Waals surface area contributed by atoms with Crippen molar-refractivity contribution in [3.8, 4) is 5.75 Å². The second-order valence-corrected chi connectivity index (χ2v) is 4.47. The van der Waals surface area contributed by atoms with E-state index in [4.69, 9.17) is 4.74 Å². The Kier molecular flexibility index (Phi) is 2.96. The van der Waals surface area contributed by atoms with Gasteiger partial charge in [0.25, 0.3) is 0 Å². The molecule has 1 N–H and O–H groups in total. The fourth-order valence-electron chi connectivity index (χ4n) is 2.31. The monoisotopic (exact) mass is 205 g/mol. The predicted octanol–water partition coefficient (Wildman–Crippen LogP) is 2.54. The highest BCUT2D eigenvalue weighted by Crippen LogP contribution is 2.31. The van der Waals surface area contributed by atoms with Crippen molar-refractivity contribution in [2.24, 2.45) is 5.92 Å². The van der Waals surface area contributed by atoms with Gasteiger partial charge >= 0.3 is 0 Å². The zero-order valence-corrected chi connectivity index (χ0v) is 9.71. The van der Waals surface area contributed by atoms with Gasteiger partial charge in [-0.2, -0.15) is 0 Å². The molecule has 0 spiro atoms. The van der Waals surface area contributed by atoms with Crippen LogP contribution < -0.4 is 10.1 Å². The molecular formula is C13H19NO. The van der Waals surface area contributed by atoms with Crippen molar-refractivity contribution in [1.82, 2.24) is 5.32 Å². The molecule has 1 aromatic rings. The van der Waals surface area contributed by atoms with Crippen LogP contribution in [0.5, 0.6) is 5.75 Å². The minimum absolute atomic E-state index is 0.431. The standard InChI is InChI=1S/C13H19NO/c1-9-7-12-11(10(2)14-8-9)5-4-6-13(12)15-3/h4-6,9-10,14H,7-8H2,1-3H3. The average Bonchev–Trinajstić information content (AvgIpc) is 2.39. The quantitative estimate of drug-likeness (QED) is 0.760. The Hall–Kier alpha value is -1.02. The lowest BCUT2D eigenvalue weighted by atomic mass is 9.95. The Bertz CT molecular complexity index is 348. The number of fused-ring (bicyclic) bond motifs is 1. The number of nitrogens with one attached hydrogen (secondary N) is 1. The van der Waals surface area contributed by atoms with E-state index in [9.17, 15) is 0 Å². The van der Waals surface area contributed by atoms with Crippen LogP contribution in [-0.2, 0) is 6.42 Å². The lowest BCUT2D eigenvalue weighted by Gasteiger charge is -2.15. The summed E-state index contributed by atoms with van der Waals surface area (Å²) in [5.74, 6) is 1.71. The van der Waals surface area contributed by atoms with Gasteiger partial charge in [-0.3, -0.25) is 0 Å². The van der Waals surface area contributed by atoms with Crippen LogP contribution >= 0.6 is 0 Å². The number of hydrogen-bond donors (Lipinski definition) is 1. The van der Waals surface area contributed by atoms with Crippen LogP contribution in [0, 0.1) is 5.92 Å². The SMILES string of the molecule is COc1cccc2c1CC(C)CNC2C. The first-order valence-corrected chi connectivity index (χ1v) is 5.61. The van der Waals surface area contributed by atoms with Gasteiger partial charge in [0.2, 0.25) is 0 Å². The molecule has 2 heteroatoms. The van der Waals surface area contributed by atoms with Gasteiger partial charge in [0.1, 0.15) is 5.75 Å². The van der Waals surface area contributed by atoms with Gasteiger partial charge in [0.05, 0.1) is 7.11 Å². The van der Waals surface area contributed by atoms with Crippen molar-refractivity contribution in [3.63, 3.8) is 0 Å². The van der Waals surface area contributed by atoms with E-state index in [1.54, 1.807) is 7.11 Å². The third-order valence-electron chi connectivity index (χ3n) is 3.18. The number of rotatable bonds is 1. The van der Waals surface area contributed by atoms with Gasteiger partial charge < -0.3 is 10.1 Å². The van der Waals surface area contributed by atoms with Crippen LogP contribution in [0.1, 0.15) is 31.0 Å². The van der Waals surface area contributed by atoms with Gasteiger partial charge in [-0.1, -0.05) is 19.1 Å². The van der Waals surface area contributed by atoms with Crippen molar-refractivity contribution in [2.45, 2.75) is 26.3 Å². The molecule has 2 unspecified atom stereocenters. The van der Waals surface area contributed by atoms with Crippen LogP contribution in [0.3, 0.4) is 0 Å². The van der Waals surface area contributed by atoms with Crippen molar-refractivity contribution in [2.75, 3.05) is 13.7 Å². The molecule has 0 bridgehead atoms. The largest absolute Gasteiger partial charge is 0.496 e. The molecule has 0 amide bonds. The smallest absolute Gasteiger partial charge is 0.122 e. The minimum atomic E-state index is 0.431. The predicted molar refractivity (Wildman–Crippen MR) is 62.3 cm³/mol. The molecule has 1 aliphatic heterocycles. The zero-order valence-electron chi connectivity index (χ0n) is 9.71. The highest BCUT2D eigenvalue weighted by molar-refractivity contribution is 5.42. The fourth-order valence-corrected chi connectivity index (χ4v) is 2.31. The lowest BCUT2D eigenvalue weighted by Crippen LogP contribution is -2.21. The van der Waals surface area contributed by atoms with Gasteiger partial charge in [-0.05, 0) is 43.0 Å². The molecule has 2 nitrogen and oxygen atoms in total. The summed E-state index contributed by atoms with van der Waals surface area (Å²) in [4.78, 5) is 0. The molecule has 0 fully saturated rings. The maximum Gasteiger partial charge on any atom is 0.122 e. The van der Waals surface area contributed by atoms with Crippen LogP contribution in [0.25, 0.3) is 0 Å². The van der Waals surface area contributed by atoms with E-state index < -0.39 is 0 Å². The summed E-state index contributed by atoms with van der Waals surface area (Å²) < 4.78 is 5.44. The first-order chi connectivity index (χ1) is 7.22. The average molecular weight is 205 g/mol. The topological polar surface area (TPSA) is 21.3 Å². The van der Waals surface area contributed by atoms with Crippen molar-refractivity contribution < 1.29 is 4.74 Å². The Labute approximate surface area is 91.6 Å². The van der Waals surface area contributed by atoms with Crippen molar-refractivity contribution in [1.29, 1.82) is 0 Å². The Balaban J connectivity index is 2.46. The summed E-state index contributed by atoms with van der Waals surface area (Å²) >= 11 is 0. The molecule has 2 rings (SSSR count). The molecule has 1 aromatic carbocycles. The van der Waals surface area contributed by atoms with Crippen LogP contribution in [0.15, 0.2) is 18.2 Å². The fraction of sp³-hybridized carbons (Fsp3) is 0.538. The zero-order chi connectivity index (χ0) is 10.8. The van der Waals surface area contributed by atoms with E-state index in [0.29, 0.717) is 12.0 Å². The summed E-state index contributed by atoms with van der Waals surface area (Å²) in [5.41, 5.74) is 2.77. The van der Waals surface area contributed by atoms with Gasteiger partial charge in [-0.15, -0.1) is 0 Å². The lowest BCUT2D eigenvalue weighted by molar-refractivity contribution is 0.406. The van der Waals surface area contributed by atoms with Gasteiger partial charge in [0.15, 0.2) is 0 Å². The molecule has 1 heterocycles. The molecule has 1 aliphatic rings. The van der Waals surface area contributed by atoms with Crippen LogP contribution in [0.4, 0.5) is 0 Å². The van der Waals surface area contributed by atoms with Crippen molar-refractivity contribution >= 4 is 0 Å². The number of hydrogen-bond acceptors (Lipinski definition) is 2. The van der Waals surface area contributed by atoms with Crippen LogP contribution in [0.2, 0.25) is 0 Å². The molecule has 82 valence electrons. The van der Waals surface area contributed by atoms with Gasteiger partial charge in [-0.25, -0.2) is 0 Å². The minimum Gasteiger partial charge on any atom is -0.496 e. The normalized spacial score (nSPS) is 25.5. The molecule has 0 saturated carbocycles. The van der Waals surface area contributed by atoms with E-state index in [2.05, 4.69) is 37.4 Å². The van der Waals surface area contributed by atoms with E-state index >= 15 is 0 Å². The Morgan fingerprint density at radius 1 is 1.33 bits per heavy atom. The maximum atomic E-state index is 5.44. The molecule has 0 aliphatic carbocycles. The summed E-state index contributed by atoms with van der Waals surface area (Å²) in [6.45, 7) is 5.58. The Morgan fingerprint density at radius 3 is 2.87 bits per heavy atom. The summed E-state index contributed by atoms with van der Waals surface area (Å²) in [6, 6.07) is 6.77. The maximum absolute atomic E-state index is 5.44. The molecule has 15 heavy (non-hydrogen) atoms. The molecule has 0 aromatic heterocycles. The second-order valence-electron chi connectivity index (χ2n) is 4.47. The molecular weight excluding hydrogens is 186 g/mol. The first kappa shape index (κ1) is 10.5. The summed E-state index contributed by atoms with van der Waals surface area (Å²) in [6.07, 6.45) is 1.11. The van der Waals surface area contributed by atoms with E-state index in [1.807, 2.05) is 0 Å². The summed E-state index contributed by atoms with van der Waals surface area (Å²) in [5, 5.41) is 3.55. The van der Waals surface area contributed by atoms with E-state index in [1.165, 1.54) is 11.1 Å². The molecule has 2 atom stereocenters. The highest BCUT2D eigenvalue weighted by atomic mass is 16.5. The number of methoxy groups -OCH3 is 1. The molecule has 0 saturated heterocycles. The first-order valence-electron chi connectivity index (χ1n) is 5.61. The third kappa shape index (κ3) is 2.00. The van der Waals surface area contributed by atoms with Crippen LogP contribution in [-0.4, -0.2) is 13.7 Å². The molecule has 0 radical (unpaired) electrons. The highest BCUT2D eigenvalue weighted by Gasteiger charge is 2.20. The number of benzene rings is 1. The van der Waals surface area contributed by atoms with Gasteiger partial charge in [0, 0.05) is 6.04 Å². The second kappa shape index (κ2) is 4.23. The number of ether oxygens (including phenoxy) is 1.